The van der Waals surface area contributed by atoms with E-state index in [0.717, 1.165) is 17.9 Å². The summed E-state index contributed by atoms with van der Waals surface area (Å²) >= 11 is 0. The predicted octanol–water partition coefficient (Wildman–Crippen LogP) is 4.95. The number of hydrogen-bond acceptors (Lipinski definition) is 4. The van der Waals surface area contributed by atoms with Crippen molar-refractivity contribution in [2.24, 2.45) is 11.8 Å². The number of amides is 2. The Labute approximate surface area is 169 Å². The first-order valence-corrected chi connectivity index (χ1v) is 11.6. The highest BCUT2D eigenvalue weighted by Gasteiger charge is 2.61. The minimum absolute atomic E-state index is 0.221. The minimum atomic E-state index is -0.367. The van der Waals surface area contributed by atoms with E-state index < -0.39 is 0 Å². The van der Waals surface area contributed by atoms with E-state index in [1.165, 1.54) is 70.6 Å². The Morgan fingerprint density at radius 2 is 1.18 bits per heavy atom. The number of imide groups is 1. The van der Waals surface area contributed by atoms with Crippen LogP contribution in [0, 0.1) is 11.8 Å². The number of carbonyl (C=O) groups excluding carboxylic acids is 2. The van der Waals surface area contributed by atoms with Crippen molar-refractivity contribution in [3.05, 3.63) is 12.2 Å². The van der Waals surface area contributed by atoms with E-state index in [0.29, 0.717) is 6.61 Å². The van der Waals surface area contributed by atoms with Crippen molar-refractivity contribution in [1.82, 2.24) is 5.06 Å². The molecule has 4 atom stereocenters. The van der Waals surface area contributed by atoms with Gasteiger partial charge in [0.2, 0.25) is 0 Å². The van der Waals surface area contributed by atoms with Gasteiger partial charge in [0.05, 0.1) is 30.7 Å². The fourth-order valence-corrected chi connectivity index (χ4v) is 4.68. The lowest BCUT2D eigenvalue weighted by molar-refractivity contribution is -0.192. The van der Waals surface area contributed by atoms with Crippen LogP contribution in [0.3, 0.4) is 0 Å². The molecule has 3 aliphatic rings. The number of hydroxylamine groups is 2. The maximum absolute atomic E-state index is 12.4. The average Bonchev–Trinajstić information content (AvgIpc) is 3.37. The van der Waals surface area contributed by atoms with Crippen molar-refractivity contribution >= 4 is 11.8 Å². The number of unbranched alkanes of at least 4 members (excludes halogenated alkanes) is 12. The third-order valence-corrected chi connectivity index (χ3v) is 6.34. The van der Waals surface area contributed by atoms with Crippen molar-refractivity contribution < 1.29 is 19.2 Å². The molecule has 0 aromatic carbocycles. The van der Waals surface area contributed by atoms with E-state index in [9.17, 15) is 9.59 Å². The van der Waals surface area contributed by atoms with E-state index in [2.05, 4.69) is 6.92 Å². The van der Waals surface area contributed by atoms with Gasteiger partial charge < -0.3 is 4.74 Å². The van der Waals surface area contributed by atoms with Crippen LogP contribution in [0.4, 0.5) is 0 Å². The Balaban J connectivity index is 1.15. The molecule has 28 heavy (non-hydrogen) atoms. The molecular weight excluding hydrogens is 354 g/mol. The summed E-state index contributed by atoms with van der Waals surface area (Å²) in [6.45, 7) is 2.71. The first-order valence-electron chi connectivity index (χ1n) is 11.6. The van der Waals surface area contributed by atoms with Crippen LogP contribution in [0.2, 0.25) is 0 Å². The molecule has 0 aliphatic carbocycles. The van der Waals surface area contributed by atoms with Crippen LogP contribution in [0.25, 0.3) is 0 Å². The lowest BCUT2D eigenvalue weighted by atomic mass is 9.85. The van der Waals surface area contributed by atoms with Gasteiger partial charge in [-0.1, -0.05) is 96.1 Å². The van der Waals surface area contributed by atoms with Gasteiger partial charge in [-0.3, -0.25) is 14.4 Å². The second kappa shape index (κ2) is 11.1. The predicted molar refractivity (Wildman–Crippen MR) is 108 cm³/mol. The number of rotatable bonds is 15. The van der Waals surface area contributed by atoms with Gasteiger partial charge in [-0.25, -0.2) is 0 Å². The van der Waals surface area contributed by atoms with Gasteiger partial charge in [-0.2, -0.15) is 5.06 Å². The molecule has 0 N–H and O–H groups in total. The molecule has 3 aliphatic heterocycles. The Kier molecular flexibility index (Phi) is 8.53. The van der Waals surface area contributed by atoms with E-state index in [1.807, 2.05) is 12.2 Å². The zero-order valence-corrected chi connectivity index (χ0v) is 17.4. The molecular formula is C23H37NO4. The van der Waals surface area contributed by atoms with E-state index in [-0.39, 0.29) is 35.9 Å². The summed E-state index contributed by atoms with van der Waals surface area (Å²) in [6, 6.07) is 0. The van der Waals surface area contributed by atoms with Crippen LogP contribution in [0.15, 0.2) is 12.2 Å². The first-order chi connectivity index (χ1) is 13.7. The maximum Gasteiger partial charge on any atom is 0.260 e. The molecule has 0 unspecified atom stereocenters. The molecule has 2 saturated heterocycles. The fraction of sp³-hybridized carbons (Fsp3) is 0.826. The number of carbonyl (C=O) groups is 2. The van der Waals surface area contributed by atoms with Crippen LogP contribution in [0.1, 0.15) is 90.4 Å². The zero-order valence-electron chi connectivity index (χ0n) is 17.4. The average molecular weight is 392 g/mol. The molecule has 5 heteroatoms. The lowest BCUT2D eigenvalue weighted by Gasteiger charge is -2.16. The Hall–Kier alpha value is -1.20. The Morgan fingerprint density at radius 3 is 1.64 bits per heavy atom. The molecule has 2 amide bonds. The second-order valence-electron chi connectivity index (χ2n) is 8.55. The highest BCUT2D eigenvalue weighted by atomic mass is 16.7. The second-order valence-corrected chi connectivity index (χ2v) is 8.55. The first kappa shape index (κ1) is 21.5. The van der Waals surface area contributed by atoms with Crippen molar-refractivity contribution in [2.75, 3.05) is 6.61 Å². The standard InChI is InChI=1S/C23H37NO4/c1-2-3-4-5-6-7-8-9-10-11-12-13-14-17-27-24-22(25)20-18-15-16-19(28-18)21(20)23(24)26/h15-16,18-21H,2-14,17H2,1H3/t18-,19+,20-,21+. The highest BCUT2D eigenvalue weighted by molar-refractivity contribution is 6.05. The number of ether oxygens (including phenoxy) is 1. The van der Waals surface area contributed by atoms with Gasteiger partial charge >= 0.3 is 0 Å². The van der Waals surface area contributed by atoms with Gasteiger partial charge in [0.15, 0.2) is 0 Å². The normalized spacial score (nSPS) is 28.0. The quantitative estimate of drug-likeness (QED) is 0.225. The molecule has 0 aromatic rings. The molecule has 0 radical (unpaired) electrons. The fourth-order valence-electron chi connectivity index (χ4n) is 4.68. The lowest BCUT2D eigenvalue weighted by Crippen LogP contribution is -2.34. The van der Waals surface area contributed by atoms with Gasteiger partial charge in [-0.15, -0.1) is 0 Å². The highest BCUT2D eigenvalue weighted by Crippen LogP contribution is 2.45. The molecule has 2 bridgehead atoms. The SMILES string of the molecule is CCCCCCCCCCCCCCCON1C(=O)[C@@H]2[C@H](C1=O)[C@H]1C=C[C@@H]2O1. The monoisotopic (exact) mass is 391 g/mol. The number of fused-ring (bicyclic) bond motifs is 5. The molecule has 158 valence electrons. The van der Waals surface area contributed by atoms with E-state index >= 15 is 0 Å². The van der Waals surface area contributed by atoms with Crippen LogP contribution >= 0.6 is 0 Å². The summed E-state index contributed by atoms with van der Waals surface area (Å²) in [7, 11) is 0. The number of nitrogens with zero attached hydrogens (tertiary/aromatic N) is 1. The van der Waals surface area contributed by atoms with Crippen molar-refractivity contribution in [1.29, 1.82) is 0 Å². The number of hydrogen-bond donors (Lipinski definition) is 0. The Morgan fingerprint density at radius 1 is 0.750 bits per heavy atom. The van der Waals surface area contributed by atoms with Crippen molar-refractivity contribution in [3.63, 3.8) is 0 Å². The molecule has 3 rings (SSSR count). The van der Waals surface area contributed by atoms with Gasteiger partial charge in [0, 0.05) is 0 Å². The molecule has 0 spiro atoms. The molecule has 0 saturated carbocycles. The van der Waals surface area contributed by atoms with Gasteiger partial charge in [0.1, 0.15) is 0 Å². The van der Waals surface area contributed by atoms with E-state index in [1.54, 1.807) is 0 Å². The summed E-state index contributed by atoms with van der Waals surface area (Å²) < 4.78 is 5.62. The van der Waals surface area contributed by atoms with Crippen LogP contribution in [-0.4, -0.2) is 35.7 Å². The molecule has 3 heterocycles. The largest absolute Gasteiger partial charge is 0.365 e. The van der Waals surface area contributed by atoms with Gasteiger partial charge in [-0.05, 0) is 6.42 Å². The van der Waals surface area contributed by atoms with Crippen LogP contribution < -0.4 is 0 Å². The minimum Gasteiger partial charge on any atom is -0.365 e. The third-order valence-electron chi connectivity index (χ3n) is 6.34. The topological polar surface area (TPSA) is 55.8 Å². The maximum atomic E-state index is 12.4. The van der Waals surface area contributed by atoms with E-state index in [4.69, 9.17) is 9.57 Å². The zero-order chi connectivity index (χ0) is 19.8. The summed E-state index contributed by atoms with van der Waals surface area (Å²) in [5.41, 5.74) is 0. The van der Waals surface area contributed by atoms with Gasteiger partial charge in [0.25, 0.3) is 11.8 Å². The van der Waals surface area contributed by atoms with Crippen molar-refractivity contribution in [2.45, 2.75) is 103 Å². The molecule has 0 aromatic heterocycles. The van der Waals surface area contributed by atoms with Crippen molar-refractivity contribution in [3.8, 4) is 0 Å². The summed E-state index contributed by atoms with van der Waals surface area (Å²) in [5, 5.41) is 1.02. The summed E-state index contributed by atoms with van der Waals surface area (Å²) in [5.74, 6) is -1.17. The van der Waals surface area contributed by atoms with Crippen LogP contribution in [-0.2, 0) is 19.2 Å². The smallest absolute Gasteiger partial charge is 0.260 e. The Bertz CT molecular complexity index is 517. The molecule has 2 fully saturated rings. The summed E-state index contributed by atoms with van der Waals surface area (Å²) in [6.07, 6.45) is 20.1. The van der Waals surface area contributed by atoms with Crippen LogP contribution in [0.5, 0.6) is 0 Å². The molecule has 5 nitrogen and oxygen atoms in total. The summed E-state index contributed by atoms with van der Waals surface area (Å²) in [4.78, 5) is 30.4. The third kappa shape index (κ3) is 5.24.